The lowest BCUT2D eigenvalue weighted by atomic mass is 10.0. The summed E-state index contributed by atoms with van der Waals surface area (Å²) in [5.41, 5.74) is 5.34. The molecule has 160 valence electrons. The second-order valence-electron chi connectivity index (χ2n) is 6.89. The molecule has 7 nitrogen and oxygen atoms in total. The maximum absolute atomic E-state index is 13.0. The van der Waals surface area contributed by atoms with E-state index in [9.17, 15) is 15.0 Å². The van der Waals surface area contributed by atoms with E-state index in [0.717, 1.165) is 10.0 Å². The van der Waals surface area contributed by atoms with Gasteiger partial charge in [-0.3, -0.25) is 4.79 Å². The van der Waals surface area contributed by atoms with Gasteiger partial charge in [-0.1, -0.05) is 28.1 Å². The molecule has 32 heavy (non-hydrogen) atoms. The average Bonchev–Trinajstić information content (AvgIpc) is 2.79. The number of rotatable bonds is 5. The Labute approximate surface area is 192 Å². The molecule has 1 aromatic heterocycles. The topological polar surface area (TPSA) is 104 Å². The van der Waals surface area contributed by atoms with Crippen molar-refractivity contribution in [2.24, 2.45) is 5.10 Å². The minimum absolute atomic E-state index is 0.0682. The van der Waals surface area contributed by atoms with E-state index in [-0.39, 0.29) is 11.5 Å². The van der Waals surface area contributed by atoms with Gasteiger partial charge in [-0.25, -0.2) is 10.4 Å². The van der Waals surface area contributed by atoms with Crippen molar-refractivity contribution in [1.82, 2.24) is 10.4 Å². The lowest BCUT2D eigenvalue weighted by molar-refractivity contribution is 0.0956. The Morgan fingerprint density at radius 1 is 1.06 bits per heavy atom. The number of nitrogens with one attached hydrogen (secondary N) is 1. The third-order valence-electron chi connectivity index (χ3n) is 4.78. The number of nitrogens with zero attached hydrogens (tertiary/aromatic N) is 2. The maximum atomic E-state index is 13.0. The number of fused-ring (bicyclic) bond motifs is 1. The Kier molecular flexibility index (Phi) is 6.04. The van der Waals surface area contributed by atoms with Crippen molar-refractivity contribution >= 4 is 39.0 Å². The van der Waals surface area contributed by atoms with Crippen molar-refractivity contribution in [3.05, 3.63) is 82.3 Å². The molecule has 0 spiro atoms. The highest BCUT2D eigenvalue weighted by Crippen LogP contribution is 2.28. The third kappa shape index (κ3) is 4.55. The average molecular weight is 492 g/mol. The van der Waals surface area contributed by atoms with Gasteiger partial charge in [-0.15, -0.1) is 0 Å². The number of phenols is 2. The first-order valence-electron chi connectivity index (χ1n) is 9.55. The molecule has 0 aliphatic rings. The summed E-state index contributed by atoms with van der Waals surface area (Å²) in [4.78, 5) is 17.7. The van der Waals surface area contributed by atoms with Gasteiger partial charge < -0.3 is 14.9 Å². The molecule has 1 heterocycles. The second kappa shape index (κ2) is 9.07. The van der Waals surface area contributed by atoms with E-state index in [0.29, 0.717) is 33.5 Å². The number of halogens is 1. The van der Waals surface area contributed by atoms with Crippen LogP contribution >= 0.6 is 15.9 Å². The quantitative estimate of drug-likeness (QED) is 0.273. The van der Waals surface area contributed by atoms with Crippen molar-refractivity contribution in [2.75, 3.05) is 7.11 Å². The van der Waals surface area contributed by atoms with E-state index < -0.39 is 5.91 Å². The summed E-state index contributed by atoms with van der Waals surface area (Å²) in [6.07, 6.45) is 1.30. The van der Waals surface area contributed by atoms with Crippen molar-refractivity contribution < 1.29 is 19.7 Å². The molecule has 0 saturated heterocycles. The van der Waals surface area contributed by atoms with Gasteiger partial charge in [0.15, 0.2) is 0 Å². The summed E-state index contributed by atoms with van der Waals surface area (Å²) >= 11 is 3.42. The molecule has 4 aromatic rings. The number of phenolic OH excluding ortho intramolecular Hbond substituents is 2. The lowest BCUT2D eigenvalue weighted by Crippen LogP contribution is -2.18. The van der Waals surface area contributed by atoms with Gasteiger partial charge in [-0.05, 0) is 48.5 Å². The smallest absolute Gasteiger partial charge is 0.272 e. The van der Waals surface area contributed by atoms with E-state index in [1.54, 1.807) is 31.4 Å². The van der Waals surface area contributed by atoms with E-state index in [4.69, 9.17) is 9.72 Å². The standard InChI is InChI=1S/C24H18BrN3O4/c1-32-18-8-9-21-19(11-18)20(12-22(27-21)14-2-5-16(25)6-3-14)24(31)28-26-13-15-4-7-17(29)10-23(15)30/h2-13,29-30H,1H3,(H,28,31)/b26-13+. The van der Waals surface area contributed by atoms with Crippen LogP contribution < -0.4 is 10.2 Å². The third-order valence-corrected chi connectivity index (χ3v) is 5.31. The number of benzene rings is 3. The van der Waals surface area contributed by atoms with Crippen LogP contribution in [0.25, 0.3) is 22.2 Å². The van der Waals surface area contributed by atoms with Gasteiger partial charge >= 0.3 is 0 Å². The first-order chi connectivity index (χ1) is 15.4. The summed E-state index contributed by atoms with van der Waals surface area (Å²) in [5, 5.41) is 23.8. The van der Waals surface area contributed by atoms with Crippen LogP contribution in [-0.2, 0) is 0 Å². The van der Waals surface area contributed by atoms with Crippen molar-refractivity contribution in [2.45, 2.75) is 0 Å². The van der Waals surface area contributed by atoms with Gasteiger partial charge in [0.05, 0.1) is 30.1 Å². The first kappa shape index (κ1) is 21.3. The number of carbonyl (C=O) groups is 1. The molecule has 0 unspecified atom stereocenters. The fraction of sp³-hybridized carbons (Fsp3) is 0.0417. The number of carbonyl (C=O) groups excluding carboxylic acids is 1. The van der Waals surface area contributed by atoms with Crippen LogP contribution in [0.3, 0.4) is 0 Å². The minimum Gasteiger partial charge on any atom is -0.508 e. The van der Waals surface area contributed by atoms with E-state index in [1.807, 2.05) is 24.3 Å². The molecular weight excluding hydrogens is 474 g/mol. The van der Waals surface area contributed by atoms with E-state index in [1.165, 1.54) is 24.4 Å². The molecule has 0 radical (unpaired) electrons. The van der Waals surface area contributed by atoms with Gasteiger partial charge in [0.1, 0.15) is 17.2 Å². The molecule has 0 aliphatic carbocycles. The van der Waals surface area contributed by atoms with Crippen LogP contribution in [0.5, 0.6) is 17.2 Å². The second-order valence-corrected chi connectivity index (χ2v) is 7.80. The predicted octanol–water partition coefficient (Wildman–Crippen LogP) is 4.85. The summed E-state index contributed by atoms with van der Waals surface area (Å²) < 4.78 is 6.25. The first-order valence-corrected chi connectivity index (χ1v) is 10.3. The zero-order valence-corrected chi connectivity index (χ0v) is 18.5. The number of pyridine rings is 1. The Morgan fingerprint density at radius 3 is 2.56 bits per heavy atom. The zero-order valence-electron chi connectivity index (χ0n) is 16.9. The number of hydrazone groups is 1. The van der Waals surface area contributed by atoms with E-state index >= 15 is 0 Å². The summed E-state index contributed by atoms with van der Waals surface area (Å²) in [6.45, 7) is 0. The zero-order chi connectivity index (χ0) is 22.7. The van der Waals surface area contributed by atoms with Crippen LogP contribution in [0.15, 0.2) is 76.3 Å². The van der Waals surface area contributed by atoms with Crippen LogP contribution in [0.1, 0.15) is 15.9 Å². The van der Waals surface area contributed by atoms with Crippen molar-refractivity contribution in [3.8, 4) is 28.5 Å². The number of aromatic hydroxyl groups is 2. The molecule has 4 rings (SSSR count). The van der Waals surface area contributed by atoms with Crippen LogP contribution in [0.2, 0.25) is 0 Å². The molecule has 0 saturated carbocycles. The minimum atomic E-state index is -0.446. The SMILES string of the molecule is COc1ccc2nc(-c3ccc(Br)cc3)cc(C(=O)N/N=C/c3ccc(O)cc3O)c2c1. The molecule has 0 bridgehead atoms. The molecule has 3 aromatic carbocycles. The number of amides is 1. The Hall–Kier alpha value is -3.91. The number of hydrogen-bond donors (Lipinski definition) is 3. The lowest BCUT2D eigenvalue weighted by Gasteiger charge is -2.10. The number of ether oxygens (including phenoxy) is 1. The number of methoxy groups -OCH3 is 1. The molecule has 0 fully saturated rings. The highest BCUT2D eigenvalue weighted by atomic mass is 79.9. The fourth-order valence-corrected chi connectivity index (χ4v) is 3.41. The van der Waals surface area contributed by atoms with Crippen LogP contribution in [0.4, 0.5) is 0 Å². The molecule has 1 amide bonds. The summed E-state index contributed by atoms with van der Waals surface area (Å²) in [6, 6.07) is 18.8. The van der Waals surface area contributed by atoms with Crippen molar-refractivity contribution in [3.63, 3.8) is 0 Å². The molecule has 3 N–H and O–H groups in total. The summed E-state index contributed by atoms with van der Waals surface area (Å²) in [5.74, 6) is -0.0678. The largest absolute Gasteiger partial charge is 0.508 e. The Morgan fingerprint density at radius 2 is 1.84 bits per heavy atom. The van der Waals surface area contributed by atoms with Gasteiger partial charge in [0, 0.05) is 27.1 Å². The predicted molar refractivity (Wildman–Crippen MR) is 126 cm³/mol. The monoisotopic (exact) mass is 491 g/mol. The fourth-order valence-electron chi connectivity index (χ4n) is 3.15. The molecular formula is C24H18BrN3O4. The number of hydrogen-bond acceptors (Lipinski definition) is 6. The molecule has 0 aliphatic heterocycles. The highest BCUT2D eigenvalue weighted by Gasteiger charge is 2.15. The Bertz CT molecular complexity index is 1340. The number of aromatic nitrogens is 1. The normalized spacial score (nSPS) is 11.1. The molecule has 8 heteroatoms. The van der Waals surface area contributed by atoms with Crippen molar-refractivity contribution in [1.29, 1.82) is 0 Å². The van der Waals surface area contributed by atoms with Crippen LogP contribution in [-0.4, -0.2) is 34.4 Å². The highest BCUT2D eigenvalue weighted by molar-refractivity contribution is 9.10. The Balaban J connectivity index is 1.72. The van der Waals surface area contributed by atoms with Gasteiger partial charge in [0.2, 0.25) is 0 Å². The molecule has 0 atom stereocenters. The van der Waals surface area contributed by atoms with Gasteiger partial charge in [0.25, 0.3) is 5.91 Å². The summed E-state index contributed by atoms with van der Waals surface area (Å²) in [7, 11) is 1.55. The maximum Gasteiger partial charge on any atom is 0.272 e. The van der Waals surface area contributed by atoms with Crippen LogP contribution in [0, 0.1) is 0 Å². The van der Waals surface area contributed by atoms with Gasteiger partial charge in [-0.2, -0.15) is 5.10 Å². The van der Waals surface area contributed by atoms with E-state index in [2.05, 4.69) is 26.5 Å².